The van der Waals surface area contributed by atoms with Gasteiger partial charge in [0, 0.05) is 34.2 Å². The third-order valence-electron chi connectivity index (χ3n) is 6.00. The molecule has 34 heavy (non-hydrogen) atoms. The number of ether oxygens (including phenoxy) is 1. The van der Waals surface area contributed by atoms with E-state index in [9.17, 15) is 9.59 Å². The van der Waals surface area contributed by atoms with Crippen LogP contribution in [-0.2, 0) is 16.0 Å². The van der Waals surface area contributed by atoms with E-state index in [-0.39, 0.29) is 12.5 Å². The fraction of sp³-hybridized carbons (Fsp3) is 0.185. The number of aromatic amines is 1. The second-order valence-corrected chi connectivity index (χ2v) is 8.56. The Morgan fingerprint density at radius 3 is 2.68 bits per heavy atom. The van der Waals surface area contributed by atoms with E-state index in [1.807, 2.05) is 36.4 Å². The average Bonchev–Trinajstić information content (AvgIpc) is 3.34. The summed E-state index contributed by atoms with van der Waals surface area (Å²) >= 11 is 5.99. The molecule has 5 rings (SSSR count). The molecule has 0 fully saturated rings. The van der Waals surface area contributed by atoms with Crippen molar-refractivity contribution in [1.29, 1.82) is 0 Å². The van der Waals surface area contributed by atoms with Crippen molar-refractivity contribution < 1.29 is 18.7 Å². The first-order valence-corrected chi connectivity index (χ1v) is 11.5. The molecule has 0 saturated carbocycles. The number of carbonyl (C=O) groups excluding carboxylic acids is 2. The molecule has 6 nitrogen and oxygen atoms in total. The van der Waals surface area contributed by atoms with Crippen molar-refractivity contribution in [2.45, 2.75) is 20.3 Å². The van der Waals surface area contributed by atoms with Crippen LogP contribution in [0.4, 0.5) is 0 Å². The Morgan fingerprint density at radius 2 is 1.91 bits per heavy atom. The molecule has 1 aliphatic rings. The molecule has 0 radical (unpaired) electrons. The van der Waals surface area contributed by atoms with Crippen LogP contribution in [0.5, 0.6) is 0 Å². The van der Waals surface area contributed by atoms with E-state index >= 15 is 0 Å². The molecule has 0 atom stereocenters. The minimum absolute atomic E-state index is 0.238. The van der Waals surface area contributed by atoms with Crippen LogP contribution in [0, 0.1) is 6.92 Å². The number of aromatic nitrogens is 1. The van der Waals surface area contributed by atoms with Crippen molar-refractivity contribution in [3.05, 3.63) is 88.4 Å². The number of hydrogen-bond acceptors (Lipinski definition) is 4. The monoisotopic (exact) mass is 474 g/mol. The van der Waals surface area contributed by atoms with Gasteiger partial charge in [0.15, 0.2) is 0 Å². The maximum atomic E-state index is 13.6. The minimum Gasteiger partial charge on any atom is -0.462 e. The highest BCUT2D eigenvalue weighted by Gasteiger charge is 2.29. The molecule has 0 saturated heterocycles. The number of carbonyl (C=O) groups is 2. The largest absolute Gasteiger partial charge is 0.462 e. The van der Waals surface area contributed by atoms with Crippen molar-refractivity contribution >= 4 is 40.0 Å². The molecule has 7 heteroatoms. The van der Waals surface area contributed by atoms with Gasteiger partial charge >= 0.3 is 5.97 Å². The number of nitrogens with zero attached hydrogens (tertiary/aromatic N) is 1. The third kappa shape index (κ3) is 3.90. The van der Waals surface area contributed by atoms with Gasteiger partial charge in [-0.25, -0.2) is 4.79 Å². The van der Waals surface area contributed by atoms with Crippen LogP contribution in [-0.4, -0.2) is 34.9 Å². The standard InChI is InChI=1S/C27H23ClN2O4/c1-3-33-27(32)22-15-30(13-12-20-19-6-4-5-7-23(19)29-25(20)22)26(31)21-14-24(34-16(21)2)17-8-10-18(28)11-9-17/h4-11,14-15,29H,3,12-13H2,1-2H3. The zero-order valence-electron chi connectivity index (χ0n) is 18.9. The normalized spacial score (nSPS) is 13.4. The second-order valence-electron chi connectivity index (χ2n) is 8.12. The molecule has 4 aromatic rings. The Morgan fingerprint density at radius 1 is 1.15 bits per heavy atom. The highest BCUT2D eigenvalue weighted by atomic mass is 35.5. The zero-order chi connectivity index (χ0) is 23.8. The van der Waals surface area contributed by atoms with Crippen LogP contribution in [0.2, 0.25) is 5.02 Å². The number of furan rings is 1. The molecule has 0 spiro atoms. The molecule has 2 aromatic heterocycles. The number of fused-ring (bicyclic) bond motifs is 3. The maximum absolute atomic E-state index is 13.6. The van der Waals surface area contributed by atoms with Gasteiger partial charge in [-0.2, -0.15) is 0 Å². The molecule has 172 valence electrons. The van der Waals surface area contributed by atoms with Crippen LogP contribution in [0.1, 0.15) is 34.3 Å². The molecule has 2 aromatic carbocycles. The summed E-state index contributed by atoms with van der Waals surface area (Å²) in [7, 11) is 0. The summed E-state index contributed by atoms with van der Waals surface area (Å²) in [6.45, 7) is 4.18. The Bertz CT molecular complexity index is 1430. The van der Waals surface area contributed by atoms with Gasteiger partial charge in [-0.05, 0) is 62.2 Å². The van der Waals surface area contributed by atoms with Crippen molar-refractivity contribution in [1.82, 2.24) is 9.88 Å². The van der Waals surface area contributed by atoms with Crippen LogP contribution < -0.4 is 0 Å². The maximum Gasteiger partial charge on any atom is 0.341 e. The van der Waals surface area contributed by atoms with Crippen LogP contribution >= 0.6 is 11.6 Å². The first-order chi connectivity index (χ1) is 16.5. The van der Waals surface area contributed by atoms with E-state index in [1.54, 1.807) is 43.1 Å². The topological polar surface area (TPSA) is 75.5 Å². The molecule has 1 N–H and O–H groups in total. The molecule has 0 bridgehead atoms. The van der Waals surface area contributed by atoms with E-state index in [0.717, 1.165) is 22.0 Å². The lowest BCUT2D eigenvalue weighted by molar-refractivity contribution is -0.136. The number of rotatable bonds is 4. The summed E-state index contributed by atoms with van der Waals surface area (Å²) in [5.74, 6) is 0.380. The summed E-state index contributed by atoms with van der Waals surface area (Å²) in [6, 6.07) is 16.9. The third-order valence-corrected chi connectivity index (χ3v) is 6.26. The molecular weight excluding hydrogens is 452 g/mol. The Balaban J connectivity index is 1.53. The fourth-order valence-corrected chi connectivity index (χ4v) is 4.46. The number of aryl methyl sites for hydroxylation is 1. The lowest BCUT2D eigenvalue weighted by Gasteiger charge is -2.17. The lowest BCUT2D eigenvalue weighted by Crippen LogP contribution is -2.28. The van der Waals surface area contributed by atoms with Gasteiger partial charge in [0.05, 0.1) is 23.4 Å². The van der Waals surface area contributed by atoms with Gasteiger partial charge in [-0.1, -0.05) is 29.8 Å². The van der Waals surface area contributed by atoms with Gasteiger partial charge in [0.2, 0.25) is 0 Å². The highest BCUT2D eigenvalue weighted by Crippen LogP contribution is 2.33. The van der Waals surface area contributed by atoms with Gasteiger partial charge in [-0.15, -0.1) is 0 Å². The molecular formula is C27H23ClN2O4. The number of hydrogen-bond donors (Lipinski definition) is 1. The summed E-state index contributed by atoms with van der Waals surface area (Å²) < 4.78 is 11.2. The molecule has 0 aliphatic carbocycles. The average molecular weight is 475 g/mol. The Kier molecular flexibility index (Phi) is 5.75. The number of para-hydroxylation sites is 1. The van der Waals surface area contributed by atoms with E-state index in [2.05, 4.69) is 4.98 Å². The molecule has 3 heterocycles. The molecule has 1 aliphatic heterocycles. The first kappa shape index (κ1) is 22.0. The fourth-order valence-electron chi connectivity index (χ4n) is 4.34. The lowest BCUT2D eigenvalue weighted by atomic mass is 10.0. The predicted octanol–water partition coefficient (Wildman–Crippen LogP) is 5.99. The number of nitrogens with one attached hydrogen (secondary N) is 1. The smallest absolute Gasteiger partial charge is 0.341 e. The summed E-state index contributed by atoms with van der Waals surface area (Å²) in [5, 5.41) is 1.66. The summed E-state index contributed by atoms with van der Waals surface area (Å²) in [5.41, 5.74) is 4.24. The number of H-pyrrole nitrogens is 1. The molecule has 1 amide bonds. The van der Waals surface area contributed by atoms with Crippen LogP contribution in [0.25, 0.3) is 27.8 Å². The number of amides is 1. The number of esters is 1. The van der Waals surface area contributed by atoms with Crippen LogP contribution in [0.3, 0.4) is 0 Å². The van der Waals surface area contributed by atoms with E-state index in [4.69, 9.17) is 20.8 Å². The quantitative estimate of drug-likeness (QED) is 0.368. The molecule has 0 unspecified atom stereocenters. The Labute approximate surface area is 201 Å². The summed E-state index contributed by atoms with van der Waals surface area (Å²) in [4.78, 5) is 31.4. The number of benzene rings is 2. The SMILES string of the molecule is CCOC(=O)C1=CN(C(=O)c2cc(-c3ccc(Cl)cc3)oc2C)CCc2c1[nH]c1ccccc21. The van der Waals surface area contributed by atoms with Crippen molar-refractivity contribution in [3.8, 4) is 11.3 Å². The van der Waals surface area contributed by atoms with E-state index in [1.165, 1.54) is 0 Å². The van der Waals surface area contributed by atoms with E-state index < -0.39 is 5.97 Å². The number of halogens is 1. The van der Waals surface area contributed by atoms with Gasteiger partial charge < -0.3 is 19.0 Å². The van der Waals surface area contributed by atoms with Gasteiger partial charge in [0.25, 0.3) is 5.91 Å². The minimum atomic E-state index is -0.472. The van der Waals surface area contributed by atoms with Crippen molar-refractivity contribution in [3.63, 3.8) is 0 Å². The Hall–Kier alpha value is -3.77. The first-order valence-electron chi connectivity index (χ1n) is 11.1. The second kappa shape index (κ2) is 8.88. The van der Waals surface area contributed by atoms with Gasteiger partial charge in [0.1, 0.15) is 11.5 Å². The van der Waals surface area contributed by atoms with Crippen molar-refractivity contribution in [2.75, 3.05) is 13.2 Å². The highest BCUT2D eigenvalue weighted by molar-refractivity contribution is 6.30. The zero-order valence-corrected chi connectivity index (χ0v) is 19.6. The summed E-state index contributed by atoms with van der Waals surface area (Å²) in [6.07, 6.45) is 2.18. The van der Waals surface area contributed by atoms with Crippen molar-refractivity contribution in [2.24, 2.45) is 0 Å². The van der Waals surface area contributed by atoms with Gasteiger partial charge in [-0.3, -0.25) is 4.79 Å². The predicted molar refractivity (Wildman–Crippen MR) is 132 cm³/mol. The van der Waals surface area contributed by atoms with Crippen LogP contribution in [0.15, 0.2) is 65.2 Å². The van der Waals surface area contributed by atoms with E-state index in [0.29, 0.717) is 46.3 Å².